The van der Waals surface area contributed by atoms with Crippen LogP contribution in [0.2, 0.25) is 0 Å². The second-order valence-corrected chi connectivity index (χ2v) is 8.00. The number of amidine groups is 1. The van der Waals surface area contributed by atoms with Gasteiger partial charge in [0.1, 0.15) is 5.82 Å². The van der Waals surface area contributed by atoms with Crippen molar-refractivity contribution in [3.05, 3.63) is 33.3 Å². The first kappa shape index (κ1) is 20.0. The van der Waals surface area contributed by atoms with Gasteiger partial charge in [-0.1, -0.05) is 11.8 Å². The lowest BCUT2D eigenvalue weighted by Gasteiger charge is -2.04. The molecule has 1 aromatic heterocycles. The van der Waals surface area contributed by atoms with Gasteiger partial charge in [0.25, 0.3) is 10.2 Å². The molecule has 14 heteroatoms. The van der Waals surface area contributed by atoms with Gasteiger partial charge in [0.2, 0.25) is 0 Å². The lowest BCUT2D eigenvalue weighted by Crippen LogP contribution is -2.32. The third-order valence-electron chi connectivity index (χ3n) is 2.58. The zero-order valence-electron chi connectivity index (χ0n) is 12.3. The zero-order valence-corrected chi connectivity index (χ0v) is 16.1. The van der Waals surface area contributed by atoms with Gasteiger partial charge in [-0.2, -0.15) is 8.42 Å². The van der Waals surface area contributed by atoms with Crippen molar-refractivity contribution in [1.82, 2.24) is 20.5 Å². The first-order valence-corrected chi connectivity index (χ1v) is 10.1. The number of aromatic nitrogens is 2. The summed E-state index contributed by atoms with van der Waals surface area (Å²) in [7, 11) is -3.77. The molecule has 2 rings (SSSR count). The minimum Gasteiger partial charge on any atom is -0.290 e. The largest absolute Gasteiger partial charge is 0.290 e. The second kappa shape index (κ2) is 8.86. The Morgan fingerprint density at radius 2 is 2.24 bits per heavy atom. The normalized spacial score (nSPS) is 12.4. The quantitative estimate of drug-likeness (QED) is 0.108. The Bertz CT molecular complexity index is 875. The summed E-state index contributed by atoms with van der Waals surface area (Å²) in [6.45, 7) is 0.0605. The van der Waals surface area contributed by atoms with Gasteiger partial charge in [-0.25, -0.2) is 23.9 Å². The smallest absolute Gasteiger partial charge is 0.274 e. The third-order valence-corrected chi connectivity index (χ3v) is 4.96. The SMILES string of the molecule is NS(=O)(=O)NCCSc1nonc1C(=Nc1ccc(F)c(I)c1)NO. The van der Waals surface area contributed by atoms with Crippen molar-refractivity contribution < 1.29 is 22.6 Å². The second-order valence-electron chi connectivity index (χ2n) is 4.38. The number of halogens is 2. The topological polar surface area (TPSA) is 156 Å². The van der Waals surface area contributed by atoms with E-state index in [1.807, 2.05) is 28.1 Å². The molecule has 0 radical (unpaired) electrons. The zero-order chi connectivity index (χ0) is 18.4. The Morgan fingerprint density at radius 3 is 2.88 bits per heavy atom. The van der Waals surface area contributed by atoms with E-state index in [0.29, 0.717) is 9.26 Å². The summed E-state index contributed by atoms with van der Waals surface area (Å²) in [4.78, 5) is 4.13. The fraction of sp³-hybridized carbons (Fsp3) is 0.182. The maximum absolute atomic E-state index is 13.3. The number of benzene rings is 1. The molecule has 0 saturated heterocycles. The van der Waals surface area contributed by atoms with E-state index in [1.165, 1.54) is 18.2 Å². The summed E-state index contributed by atoms with van der Waals surface area (Å²) in [5, 5.41) is 21.7. The van der Waals surface area contributed by atoms with Crippen molar-refractivity contribution in [2.75, 3.05) is 12.3 Å². The number of rotatable bonds is 7. The molecule has 2 aromatic rings. The average molecular weight is 502 g/mol. The molecule has 1 aromatic carbocycles. The van der Waals surface area contributed by atoms with Crippen LogP contribution in [0.4, 0.5) is 10.1 Å². The Kier molecular flexibility index (Phi) is 7.08. The number of hydrogen-bond donors (Lipinski definition) is 4. The first-order valence-electron chi connectivity index (χ1n) is 6.47. The third kappa shape index (κ3) is 6.15. The van der Waals surface area contributed by atoms with Crippen LogP contribution in [-0.2, 0) is 10.2 Å². The highest BCUT2D eigenvalue weighted by atomic mass is 127. The van der Waals surface area contributed by atoms with Crippen LogP contribution < -0.4 is 15.3 Å². The van der Waals surface area contributed by atoms with Crippen LogP contribution in [0.15, 0.2) is 32.8 Å². The molecule has 0 unspecified atom stereocenters. The van der Waals surface area contributed by atoms with Crippen molar-refractivity contribution in [2.24, 2.45) is 10.1 Å². The van der Waals surface area contributed by atoms with Crippen LogP contribution in [0.5, 0.6) is 0 Å². The van der Waals surface area contributed by atoms with Crippen molar-refractivity contribution in [1.29, 1.82) is 0 Å². The molecule has 0 fully saturated rings. The number of nitrogens with zero attached hydrogens (tertiary/aromatic N) is 3. The highest BCUT2D eigenvalue weighted by Gasteiger charge is 2.17. The number of nitrogens with one attached hydrogen (secondary N) is 2. The summed E-state index contributed by atoms with van der Waals surface area (Å²) >= 11 is 2.92. The van der Waals surface area contributed by atoms with Crippen LogP contribution in [0.3, 0.4) is 0 Å². The highest BCUT2D eigenvalue weighted by Crippen LogP contribution is 2.22. The number of aliphatic imine (C=N–C) groups is 1. The van der Waals surface area contributed by atoms with Crippen molar-refractivity contribution in [3.63, 3.8) is 0 Å². The van der Waals surface area contributed by atoms with Gasteiger partial charge in [0.15, 0.2) is 16.6 Å². The lowest BCUT2D eigenvalue weighted by atomic mass is 10.3. The van der Waals surface area contributed by atoms with E-state index in [4.69, 9.17) is 5.14 Å². The predicted octanol–water partition coefficient (Wildman–Crippen LogP) is 0.756. The van der Waals surface area contributed by atoms with Crippen LogP contribution >= 0.6 is 34.4 Å². The summed E-state index contributed by atoms with van der Waals surface area (Å²) in [5.41, 5.74) is 2.37. The molecule has 136 valence electrons. The minimum absolute atomic E-state index is 0.0605. The molecule has 0 aliphatic rings. The molecule has 0 bridgehead atoms. The molecule has 5 N–H and O–H groups in total. The van der Waals surface area contributed by atoms with E-state index < -0.39 is 10.2 Å². The van der Waals surface area contributed by atoms with E-state index in [9.17, 15) is 18.0 Å². The Balaban J connectivity index is 2.14. The number of hydrogen-bond acceptors (Lipinski definition) is 8. The summed E-state index contributed by atoms with van der Waals surface area (Å²) < 4.78 is 42.0. The lowest BCUT2D eigenvalue weighted by molar-refractivity contribution is 0.234. The minimum atomic E-state index is -3.77. The van der Waals surface area contributed by atoms with Gasteiger partial charge in [-0.15, -0.1) is 0 Å². The highest BCUT2D eigenvalue weighted by molar-refractivity contribution is 14.1. The predicted molar refractivity (Wildman–Crippen MR) is 96.4 cm³/mol. The molecule has 1 heterocycles. The standard InChI is InChI=1S/C11H12FIN6O4S2/c12-7-2-1-6(5-8(7)13)16-10(17-20)9-11(19-23-18-9)24-4-3-15-25(14,21)22/h1-2,5,15,20H,3-4H2,(H,16,17)(H2,14,21,22). The molecular formula is C11H12FIN6O4S2. The Hall–Kier alpha value is -1.33. The Labute approximate surface area is 159 Å². The molecule has 25 heavy (non-hydrogen) atoms. The Morgan fingerprint density at radius 1 is 1.48 bits per heavy atom. The van der Waals surface area contributed by atoms with E-state index in [0.717, 1.165) is 11.8 Å². The fourth-order valence-electron chi connectivity index (χ4n) is 1.57. The summed E-state index contributed by atoms with van der Waals surface area (Å²) in [6.07, 6.45) is 0. The van der Waals surface area contributed by atoms with Crippen molar-refractivity contribution >= 4 is 56.1 Å². The summed E-state index contributed by atoms with van der Waals surface area (Å²) in [5.74, 6) is -0.171. The van der Waals surface area contributed by atoms with Gasteiger partial charge in [0, 0.05) is 12.3 Å². The molecule has 0 aliphatic heterocycles. The number of hydroxylamine groups is 1. The average Bonchev–Trinajstić information content (AvgIpc) is 3.00. The van der Waals surface area contributed by atoms with E-state index in [-0.39, 0.29) is 34.7 Å². The first-order chi connectivity index (χ1) is 11.8. The van der Waals surface area contributed by atoms with Gasteiger partial charge in [0.05, 0.1) is 9.26 Å². The molecule has 0 saturated carbocycles. The van der Waals surface area contributed by atoms with E-state index in [1.54, 1.807) is 0 Å². The van der Waals surface area contributed by atoms with E-state index in [2.05, 4.69) is 24.7 Å². The van der Waals surface area contributed by atoms with Crippen LogP contribution in [0, 0.1) is 9.39 Å². The van der Waals surface area contributed by atoms with Gasteiger partial charge in [-0.05, 0) is 51.1 Å². The van der Waals surface area contributed by atoms with Crippen LogP contribution in [0.1, 0.15) is 5.69 Å². The van der Waals surface area contributed by atoms with Gasteiger partial charge in [-0.3, -0.25) is 10.7 Å². The molecule has 10 nitrogen and oxygen atoms in total. The van der Waals surface area contributed by atoms with Gasteiger partial charge < -0.3 is 0 Å². The fourth-order valence-corrected chi connectivity index (χ4v) is 3.33. The molecule has 0 aliphatic carbocycles. The molecule has 0 atom stereocenters. The monoisotopic (exact) mass is 502 g/mol. The molecular weight excluding hydrogens is 490 g/mol. The maximum Gasteiger partial charge on any atom is 0.274 e. The van der Waals surface area contributed by atoms with Crippen LogP contribution in [0.25, 0.3) is 0 Å². The van der Waals surface area contributed by atoms with Crippen molar-refractivity contribution in [2.45, 2.75) is 5.03 Å². The summed E-state index contributed by atoms with van der Waals surface area (Å²) in [6, 6.07) is 4.14. The number of nitrogens with two attached hydrogens (primary N) is 1. The van der Waals surface area contributed by atoms with E-state index >= 15 is 0 Å². The molecule has 0 spiro atoms. The maximum atomic E-state index is 13.3. The molecule has 0 amide bonds. The van der Waals surface area contributed by atoms with Crippen molar-refractivity contribution in [3.8, 4) is 0 Å². The van der Waals surface area contributed by atoms with Gasteiger partial charge >= 0.3 is 0 Å². The number of thioether (sulfide) groups is 1. The van der Waals surface area contributed by atoms with Crippen LogP contribution in [-0.4, -0.2) is 42.1 Å².